The molecule has 0 aliphatic carbocycles. The van der Waals surface area contributed by atoms with Gasteiger partial charge in [-0.05, 0) is 23.6 Å². The van der Waals surface area contributed by atoms with E-state index >= 15 is 0 Å². The number of furan rings is 1. The Morgan fingerprint density at radius 2 is 2.15 bits per heavy atom. The van der Waals surface area contributed by atoms with Crippen LogP contribution in [0.4, 0.5) is 0 Å². The zero-order valence-electron chi connectivity index (χ0n) is 10.3. The average molecular weight is 322 g/mol. The van der Waals surface area contributed by atoms with Crippen molar-refractivity contribution in [1.29, 1.82) is 0 Å². The van der Waals surface area contributed by atoms with Gasteiger partial charge in [-0.2, -0.15) is 5.10 Å². The van der Waals surface area contributed by atoms with E-state index in [0.29, 0.717) is 4.88 Å². The molecule has 1 N–H and O–H groups in total. The van der Waals surface area contributed by atoms with E-state index in [0.717, 1.165) is 12.3 Å². The van der Waals surface area contributed by atoms with Crippen molar-refractivity contribution >= 4 is 33.6 Å². The Labute approximate surface area is 140 Å². The number of hydrogen-bond donors (Lipinski definition) is 1. The van der Waals surface area contributed by atoms with Gasteiger partial charge in [0.1, 0.15) is 5.76 Å². The van der Waals surface area contributed by atoms with Gasteiger partial charge in [0.2, 0.25) is 5.09 Å². The molecule has 0 saturated carbocycles. The summed E-state index contributed by atoms with van der Waals surface area (Å²) in [6, 6.07) is 5.63. The number of nitrogens with one attached hydrogen (secondary N) is 1. The van der Waals surface area contributed by atoms with Crippen molar-refractivity contribution in [3.05, 3.63) is 40.3 Å². The summed E-state index contributed by atoms with van der Waals surface area (Å²) in [4.78, 5) is 12.0. The largest absolute Gasteiger partial charge is 1.00 e. The van der Waals surface area contributed by atoms with Crippen LogP contribution in [0.2, 0.25) is 0 Å². The Kier molecular flexibility index (Phi) is 6.11. The number of hydrazone groups is 1. The minimum atomic E-state index is -4.62. The van der Waals surface area contributed by atoms with E-state index < -0.39 is 21.1 Å². The van der Waals surface area contributed by atoms with Gasteiger partial charge in [-0.1, -0.05) is 6.07 Å². The zero-order chi connectivity index (χ0) is 13.9. The third kappa shape index (κ3) is 4.54. The van der Waals surface area contributed by atoms with Crippen molar-refractivity contribution in [3.8, 4) is 0 Å². The Balaban J connectivity index is 0.00000200. The molecule has 0 spiro atoms. The standard InChI is InChI=1S/C10H8N2O5S2.Na/c13-10(8-2-1-5-18-8)12-11-6-7-3-4-9(17-7)19(14,15)16;/h1-6H,(H,12,13)(H,14,15,16);/q;+1/p-1. The molecule has 7 nitrogen and oxygen atoms in total. The van der Waals surface area contributed by atoms with Gasteiger partial charge >= 0.3 is 29.6 Å². The van der Waals surface area contributed by atoms with E-state index in [1.165, 1.54) is 17.4 Å². The maximum Gasteiger partial charge on any atom is 1.00 e. The van der Waals surface area contributed by atoms with Crippen LogP contribution in [-0.2, 0) is 10.1 Å². The van der Waals surface area contributed by atoms with Crippen LogP contribution in [-0.4, -0.2) is 25.1 Å². The molecule has 0 aliphatic heterocycles. The third-order valence-electron chi connectivity index (χ3n) is 1.95. The van der Waals surface area contributed by atoms with Gasteiger partial charge in [0.05, 0.1) is 11.1 Å². The Morgan fingerprint density at radius 3 is 2.70 bits per heavy atom. The van der Waals surface area contributed by atoms with E-state index in [1.54, 1.807) is 17.5 Å². The summed E-state index contributed by atoms with van der Waals surface area (Å²) >= 11 is 1.25. The molecule has 0 fully saturated rings. The van der Waals surface area contributed by atoms with Crippen LogP contribution < -0.4 is 35.0 Å². The molecule has 2 heterocycles. The molecule has 10 heteroatoms. The van der Waals surface area contributed by atoms with Crippen LogP contribution >= 0.6 is 11.3 Å². The van der Waals surface area contributed by atoms with E-state index in [-0.39, 0.29) is 35.3 Å². The van der Waals surface area contributed by atoms with Crippen LogP contribution in [0.5, 0.6) is 0 Å². The molecular weight excluding hydrogens is 315 g/mol. The van der Waals surface area contributed by atoms with Gasteiger partial charge in [-0.3, -0.25) is 4.79 Å². The number of carbonyl (C=O) groups is 1. The maximum atomic E-state index is 11.5. The molecule has 0 aromatic carbocycles. The fraction of sp³-hybridized carbons (Fsp3) is 0. The summed E-state index contributed by atoms with van der Waals surface area (Å²) in [7, 11) is -4.62. The first-order valence-corrected chi connectivity index (χ1v) is 7.18. The number of thiophene rings is 1. The van der Waals surface area contributed by atoms with Crippen LogP contribution in [0.15, 0.2) is 44.3 Å². The van der Waals surface area contributed by atoms with Gasteiger partial charge in [0.25, 0.3) is 5.91 Å². The summed E-state index contributed by atoms with van der Waals surface area (Å²) in [6.45, 7) is 0. The molecule has 0 aliphatic rings. The van der Waals surface area contributed by atoms with Crippen molar-refractivity contribution < 1.29 is 51.7 Å². The third-order valence-corrected chi connectivity index (χ3v) is 3.53. The summed E-state index contributed by atoms with van der Waals surface area (Å²) in [5, 5.41) is 4.64. The minimum Gasteiger partial charge on any atom is -0.742 e. The Morgan fingerprint density at radius 1 is 1.40 bits per heavy atom. The molecule has 0 atom stereocenters. The van der Waals surface area contributed by atoms with E-state index in [9.17, 15) is 17.8 Å². The number of carbonyl (C=O) groups excluding carboxylic acids is 1. The summed E-state index contributed by atoms with van der Waals surface area (Å²) in [6.07, 6.45) is 1.10. The predicted molar refractivity (Wildman–Crippen MR) is 66.1 cm³/mol. The molecule has 2 rings (SSSR count). The second-order valence-corrected chi connectivity index (χ2v) is 5.55. The summed E-state index contributed by atoms with van der Waals surface area (Å²) < 4.78 is 36.6. The number of nitrogens with zero attached hydrogens (tertiary/aromatic N) is 1. The first-order valence-electron chi connectivity index (χ1n) is 4.89. The second kappa shape index (κ2) is 7.16. The number of amides is 1. The average Bonchev–Trinajstić information content (AvgIpc) is 2.99. The van der Waals surface area contributed by atoms with E-state index in [4.69, 9.17) is 4.42 Å². The van der Waals surface area contributed by atoms with Crippen molar-refractivity contribution in [3.63, 3.8) is 0 Å². The topological polar surface area (TPSA) is 112 Å². The monoisotopic (exact) mass is 322 g/mol. The Bertz CT molecular complexity index is 706. The quantitative estimate of drug-likeness (QED) is 0.303. The molecule has 20 heavy (non-hydrogen) atoms. The first-order chi connectivity index (χ1) is 8.97. The van der Waals surface area contributed by atoms with Crippen LogP contribution in [0.1, 0.15) is 15.4 Å². The first kappa shape index (κ1) is 17.1. The molecule has 2 aromatic rings. The molecule has 100 valence electrons. The van der Waals surface area contributed by atoms with Crippen molar-refractivity contribution in [2.45, 2.75) is 5.09 Å². The number of hydrogen-bond acceptors (Lipinski definition) is 7. The minimum absolute atomic E-state index is 0. The molecule has 0 radical (unpaired) electrons. The van der Waals surface area contributed by atoms with Gasteiger partial charge in [-0.25, -0.2) is 13.8 Å². The fourth-order valence-electron chi connectivity index (χ4n) is 1.16. The van der Waals surface area contributed by atoms with Crippen molar-refractivity contribution in [1.82, 2.24) is 5.43 Å². The molecule has 0 unspecified atom stereocenters. The predicted octanol–water partition coefficient (Wildman–Crippen LogP) is -1.99. The van der Waals surface area contributed by atoms with Gasteiger partial charge in [0, 0.05) is 0 Å². The van der Waals surface area contributed by atoms with Crippen LogP contribution in [0.25, 0.3) is 0 Å². The van der Waals surface area contributed by atoms with Crippen molar-refractivity contribution in [2.75, 3.05) is 0 Å². The van der Waals surface area contributed by atoms with Crippen LogP contribution in [0, 0.1) is 0 Å². The molecule has 2 aromatic heterocycles. The fourth-order valence-corrected chi connectivity index (χ4v) is 2.20. The van der Waals surface area contributed by atoms with E-state index in [2.05, 4.69) is 10.5 Å². The van der Waals surface area contributed by atoms with Crippen molar-refractivity contribution in [2.24, 2.45) is 5.10 Å². The zero-order valence-corrected chi connectivity index (χ0v) is 13.9. The maximum absolute atomic E-state index is 11.5. The normalized spacial score (nSPS) is 11.2. The molecule has 1 amide bonds. The molecular formula is C10H7N2NaO5S2. The number of rotatable bonds is 4. The van der Waals surface area contributed by atoms with Gasteiger partial charge < -0.3 is 8.97 Å². The second-order valence-electron chi connectivity index (χ2n) is 3.29. The Hall–Kier alpha value is -0.970. The van der Waals surface area contributed by atoms with Gasteiger partial charge in [-0.15, -0.1) is 11.3 Å². The summed E-state index contributed by atoms with van der Waals surface area (Å²) in [5.41, 5.74) is 2.23. The SMILES string of the molecule is O=C(NN=Cc1ccc(S(=O)(=O)[O-])o1)c1cccs1.[Na+]. The molecule has 0 bridgehead atoms. The van der Waals surface area contributed by atoms with E-state index in [1.807, 2.05) is 0 Å². The summed E-state index contributed by atoms with van der Waals surface area (Å²) in [5.74, 6) is -0.351. The molecule has 0 saturated heterocycles. The van der Waals surface area contributed by atoms with Crippen LogP contribution in [0.3, 0.4) is 0 Å². The smallest absolute Gasteiger partial charge is 0.742 e. The van der Waals surface area contributed by atoms with Gasteiger partial charge in [0.15, 0.2) is 10.1 Å².